The molecular weight excluding hydrogens is 332 g/mol. The van der Waals surface area contributed by atoms with E-state index in [4.69, 9.17) is 13.9 Å². The number of aryl methyl sites for hydroxylation is 1. The van der Waals surface area contributed by atoms with Gasteiger partial charge in [-0.25, -0.2) is 0 Å². The summed E-state index contributed by atoms with van der Waals surface area (Å²) in [5.41, 5.74) is 1.47. The summed E-state index contributed by atoms with van der Waals surface area (Å²) in [6, 6.07) is 3.62. The van der Waals surface area contributed by atoms with Crippen molar-refractivity contribution in [1.29, 1.82) is 0 Å². The topological polar surface area (TPSA) is 55.2 Å². The highest BCUT2D eigenvalue weighted by molar-refractivity contribution is 5.99. The van der Waals surface area contributed by atoms with Gasteiger partial charge in [0.15, 0.2) is 17.3 Å². The van der Waals surface area contributed by atoms with Crippen LogP contribution in [0.15, 0.2) is 29.1 Å². The average Bonchev–Trinajstić information content (AvgIpc) is 2.89. The van der Waals surface area contributed by atoms with Crippen molar-refractivity contribution in [3.05, 3.63) is 36.0 Å². The van der Waals surface area contributed by atoms with Crippen LogP contribution in [0.5, 0.6) is 11.5 Å². The lowest BCUT2D eigenvalue weighted by Crippen LogP contribution is -2.47. The Labute approximate surface area is 146 Å². The van der Waals surface area contributed by atoms with Gasteiger partial charge in [0.2, 0.25) is 0 Å². The lowest BCUT2D eigenvalue weighted by Gasteiger charge is -2.31. The first-order chi connectivity index (χ1) is 11.1. The van der Waals surface area contributed by atoms with Gasteiger partial charge in [-0.3, -0.25) is 4.79 Å². The van der Waals surface area contributed by atoms with Crippen LogP contribution in [0.2, 0.25) is 0 Å². The number of nitrogens with zero attached hydrogens (tertiary/aromatic N) is 2. The Morgan fingerprint density at radius 1 is 1.04 bits per heavy atom. The largest absolute Gasteiger partial charge is 0.458 e. The standard InChI is InChI=1S/C17H18N2O4.ClH/c1-11-12-9-14-15(22-8-7-21-14)10-13(12)23-16(11)17(20)19-5-3-18(2)4-6-19;/h7-10H,3-6H2,1-2H3;1H. The van der Waals surface area contributed by atoms with Crippen molar-refractivity contribution in [3.8, 4) is 11.5 Å². The number of piperazine rings is 1. The first kappa shape index (κ1) is 16.7. The van der Waals surface area contributed by atoms with Crippen molar-refractivity contribution in [2.45, 2.75) is 6.92 Å². The summed E-state index contributed by atoms with van der Waals surface area (Å²) in [7, 11) is 2.06. The number of hydrogen-bond acceptors (Lipinski definition) is 5. The summed E-state index contributed by atoms with van der Waals surface area (Å²) in [6.07, 6.45) is 2.96. The number of ether oxygens (including phenoxy) is 2. The maximum Gasteiger partial charge on any atom is 0.289 e. The highest BCUT2D eigenvalue weighted by Crippen LogP contribution is 2.38. The molecule has 0 atom stereocenters. The minimum atomic E-state index is -0.0512. The van der Waals surface area contributed by atoms with E-state index in [9.17, 15) is 4.79 Å². The maximum atomic E-state index is 12.8. The zero-order valence-electron chi connectivity index (χ0n) is 13.6. The van der Waals surface area contributed by atoms with Gasteiger partial charge in [-0.05, 0) is 20.0 Å². The molecule has 2 aromatic rings. The summed E-state index contributed by atoms with van der Waals surface area (Å²) in [6.45, 7) is 5.11. The molecule has 1 fully saturated rings. The molecule has 2 aliphatic rings. The lowest BCUT2D eigenvalue weighted by atomic mass is 10.1. The predicted molar refractivity (Wildman–Crippen MR) is 92.0 cm³/mol. The van der Waals surface area contributed by atoms with E-state index < -0.39 is 0 Å². The lowest BCUT2D eigenvalue weighted by molar-refractivity contribution is 0.0634. The van der Waals surface area contributed by atoms with Crippen LogP contribution in [0.4, 0.5) is 0 Å². The Hall–Kier alpha value is -2.18. The molecule has 4 rings (SSSR count). The fourth-order valence-corrected chi connectivity index (χ4v) is 2.97. The zero-order valence-corrected chi connectivity index (χ0v) is 14.4. The SMILES string of the molecule is Cc1c(C(=O)N2CCN(C)CC2)oc2cc3c(cc12)OC=CO3.Cl. The van der Waals surface area contributed by atoms with Crippen molar-refractivity contribution in [2.75, 3.05) is 33.2 Å². The Kier molecular flexibility index (Phi) is 4.43. The molecule has 1 aromatic heterocycles. The molecule has 0 saturated carbocycles. The smallest absolute Gasteiger partial charge is 0.289 e. The molecule has 0 spiro atoms. The predicted octanol–water partition coefficient (Wildman–Crippen LogP) is 2.79. The number of amides is 1. The number of hydrogen-bond donors (Lipinski definition) is 0. The van der Waals surface area contributed by atoms with Gasteiger partial charge in [-0.1, -0.05) is 0 Å². The molecule has 128 valence electrons. The number of benzene rings is 1. The second kappa shape index (κ2) is 6.37. The third-order valence-corrected chi connectivity index (χ3v) is 4.43. The van der Waals surface area contributed by atoms with Crippen LogP contribution >= 0.6 is 12.4 Å². The van der Waals surface area contributed by atoms with Crippen LogP contribution in [0.25, 0.3) is 11.0 Å². The van der Waals surface area contributed by atoms with Crippen LogP contribution in [-0.4, -0.2) is 48.9 Å². The molecule has 1 aromatic carbocycles. The van der Waals surface area contributed by atoms with E-state index in [1.165, 1.54) is 12.5 Å². The summed E-state index contributed by atoms with van der Waals surface area (Å²) in [5.74, 6) is 1.57. The van der Waals surface area contributed by atoms with E-state index in [2.05, 4.69) is 11.9 Å². The summed E-state index contributed by atoms with van der Waals surface area (Å²) in [5, 5.41) is 0.875. The van der Waals surface area contributed by atoms with Crippen LogP contribution in [0, 0.1) is 6.92 Å². The van der Waals surface area contributed by atoms with Gasteiger partial charge in [-0.15, -0.1) is 12.4 Å². The van der Waals surface area contributed by atoms with E-state index in [1.54, 1.807) is 6.07 Å². The molecule has 7 heteroatoms. The maximum absolute atomic E-state index is 12.8. The van der Waals surface area contributed by atoms with Crippen molar-refractivity contribution in [1.82, 2.24) is 9.80 Å². The number of likely N-dealkylation sites (N-methyl/N-ethyl adjacent to an activating group) is 1. The van der Waals surface area contributed by atoms with E-state index in [1.807, 2.05) is 17.9 Å². The number of furan rings is 1. The van der Waals surface area contributed by atoms with Gasteiger partial charge in [0.05, 0.1) is 0 Å². The highest BCUT2D eigenvalue weighted by Gasteiger charge is 2.26. The fraction of sp³-hybridized carbons (Fsp3) is 0.353. The summed E-state index contributed by atoms with van der Waals surface area (Å²) >= 11 is 0. The molecule has 0 aliphatic carbocycles. The van der Waals surface area contributed by atoms with Gasteiger partial charge >= 0.3 is 0 Å². The molecule has 1 amide bonds. The molecule has 0 N–H and O–H groups in total. The minimum absolute atomic E-state index is 0. The molecule has 0 radical (unpaired) electrons. The summed E-state index contributed by atoms with van der Waals surface area (Å²) < 4.78 is 16.7. The molecule has 3 heterocycles. The third kappa shape index (κ3) is 2.72. The minimum Gasteiger partial charge on any atom is -0.458 e. The third-order valence-electron chi connectivity index (χ3n) is 4.43. The van der Waals surface area contributed by atoms with Crippen LogP contribution < -0.4 is 9.47 Å². The molecule has 2 aliphatic heterocycles. The first-order valence-corrected chi connectivity index (χ1v) is 7.67. The highest BCUT2D eigenvalue weighted by atomic mass is 35.5. The van der Waals surface area contributed by atoms with Crippen LogP contribution in [-0.2, 0) is 0 Å². The van der Waals surface area contributed by atoms with E-state index in [0.717, 1.165) is 37.1 Å². The summed E-state index contributed by atoms with van der Waals surface area (Å²) in [4.78, 5) is 16.8. The second-order valence-electron chi connectivity index (χ2n) is 5.95. The normalized spacial score (nSPS) is 17.0. The first-order valence-electron chi connectivity index (χ1n) is 7.67. The Morgan fingerprint density at radius 2 is 1.67 bits per heavy atom. The number of carbonyl (C=O) groups excluding carboxylic acids is 1. The number of fused-ring (bicyclic) bond motifs is 2. The Balaban J connectivity index is 0.00000169. The quantitative estimate of drug-likeness (QED) is 0.791. The molecule has 1 saturated heterocycles. The van der Waals surface area contributed by atoms with Gasteiger partial charge < -0.3 is 23.7 Å². The molecule has 6 nitrogen and oxygen atoms in total. The van der Waals surface area contributed by atoms with Crippen molar-refractivity contribution >= 4 is 29.3 Å². The molecular formula is C17H19ClN2O4. The number of carbonyl (C=O) groups is 1. The van der Waals surface area contributed by atoms with Gasteiger partial charge in [-0.2, -0.15) is 0 Å². The van der Waals surface area contributed by atoms with Crippen molar-refractivity contribution in [2.24, 2.45) is 0 Å². The molecule has 0 bridgehead atoms. The molecule has 0 unspecified atom stereocenters. The van der Waals surface area contributed by atoms with Crippen molar-refractivity contribution in [3.63, 3.8) is 0 Å². The number of halogens is 1. The Bertz CT molecular complexity index is 807. The van der Waals surface area contributed by atoms with Gasteiger partial charge in [0.1, 0.15) is 18.1 Å². The van der Waals surface area contributed by atoms with E-state index in [0.29, 0.717) is 22.8 Å². The van der Waals surface area contributed by atoms with E-state index in [-0.39, 0.29) is 18.3 Å². The number of rotatable bonds is 1. The Morgan fingerprint density at radius 3 is 2.33 bits per heavy atom. The van der Waals surface area contributed by atoms with Crippen LogP contribution in [0.1, 0.15) is 16.1 Å². The van der Waals surface area contributed by atoms with Crippen molar-refractivity contribution < 1.29 is 18.7 Å². The monoisotopic (exact) mass is 350 g/mol. The average molecular weight is 351 g/mol. The zero-order chi connectivity index (χ0) is 16.0. The fourth-order valence-electron chi connectivity index (χ4n) is 2.97. The van der Waals surface area contributed by atoms with E-state index >= 15 is 0 Å². The molecule has 24 heavy (non-hydrogen) atoms. The second-order valence-corrected chi connectivity index (χ2v) is 5.95. The van der Waals surface area contributed by atoms with Gasteiger partial charge in [0.25, 0.3) is 5.91 Å². The van der Waals surface area contributed by atoms with Crippen LogP contribution in [0.3, 0.4) is 0 Å². The van der Waals surface area contributed by atoms with Gasteiger partial charge in [0, 0.05) is 43.2 Å².